The molecule has 2 unspecified atom stereocenters. The summed E-state index contributed by atoms with van der Waals surface area (Å²) in [5, 5.41) is 12.6. The average Bonchev–Trinajstić information content (AvgIpc) is 3.54. The van der Waals surface area contributed by atoms with E-state index >= 15 is 0 Å². The molecule has 1 aliphatic carbocycles. The number of benzene rings is 1. The third kappa shape index (κ3) is 6.32. The lowest BCUT2D eigenvalue weighted by Crippen LogP contribution is -2.59. The van der Waals surface area contributed by atoms with Gasteiger partial charge < -0.3 is 19.9 Å². The third-order valence-electron chi connectivity index (χ3n) is 6.06. The fraction of sp³-hybridized carbons (Fsp3) is 0.583. The Balaban J connectivity index is 2.14. The second-order valence-corrected chi connectivity index (χ2v) is 9.46. The summed E-state index contributed by atoms with van der Waals surface area (Å²) in [5.41, 5.74) is -0.632. The number of aromatic carboxylic acids is 1. The van der Waals surface area contributed by atoms with Crippen LogP contribution in [0.2, 0.25) is 0 Å². The number of carboxylic acid groups (broad SMARTS) is 1. The van der Waals surface area contributed by atoms with Gasteiger partial charge in [-0.25, -0.2) is 20.4 Å². The van der Waals surface area contributed by atoms with Gasteiger partial charge in [0.1, 0.15) is 18.8 Å². The SMILES string of the molecule is COCC(=O)[C@H](CC(C)C)NC(=O)C1(N(N)C(=O)OCc2ccc(C(=O)O)cc2)CC1C(C)C. The second-order valence-electron chi connectivity index (χ2n) is 9.46. The molecule has 3 atom stereocenters. The first-order valence-corrected chi connectivity index (χ1v) is 11.3. The summed E-state index contributed by atoms with van der Waals surface area (Å²) in [6.45, 7) is 7.48. The molecule has 34 heavy (non-hydrogen) atoms. The number of hydrazine groups is 1. The zero-order chi connectivity index (χ0) is 25.6. The van der Waals surface area contributed by atoms with Crippen molar-refractivity contribution >= 4 is 23.8 Å². The van der Waals surface area contributed by atoms with E-state index in [1.807, 2.05) is 27.7 Å². The summed E-state index contributed by atoms with van der Waals surface area (Å²) in [7, 11) is 1.41. The van der Waals surface area contributed by atoms with Gasteiger partial charge >= 0.3 is 12.1 Å². The number of carbonyl (C=O) groups excluding carboxylic acids is 3. The zero-order valence-electron chi connectivity index (χ0n) is 20.4. The Morgan fingerprint density at radius 2 is 1.79 bits per heavy atom. The predicted molar refractivity (Wildman–Crippen MR) is 124 cm³/mol. The lowest BCUT2D eigenvalue weighted by atomic mass is 9.98. The van der Waals surface area contributed by atoms with E-state index in [4.69, 9.17) is 20.4 Å². The maximum Gasteiger partial charge on any atom is 0.425 e. The number of carboxylic acids is 1. The van der Waals surface area contributed by atoms with Gasteiger partial charge in [0.25, 0.3) is 0 Å². The Bertz CT molecular complexity index is 900. The van der Waals surface area contributed by atoms with Crippen LogP contribution in [0.15, 0.2) is 24.3 Å². The van der Waals surface area contributed by atoms with Crippen LogP contribution in [0.1, 0.15) is 56.5 Å². The molecule has 1 fully saturated rings. The number of ketones is 1. The van der Waals surface area contributed by atoms with Crippen LogP contribution in [0, 0.1) is 17.8 Å². The Kier molecular flexibility index (Phi) is 9.17. The fourth-order valence-corrected chi connectivity index (χ4v) is 4.10. The smallest absolute Gasteiger partial charge is 0.425 e. The third-order valence-corrected chi connectivity index (χ3v) is 6.06. The summed E-state index contributed by atoms with van der Waals surface area (Å²) < 4.78 is 10.2. The summed E-state index contributed by atoms with van der Waals surface area (Å²) in [6.07, 6.45) is -0.107. The van der Waals surface area contributed by atoms with Gasteiger partial charge in [0.15, 0.2) is 5.78 Å². The van der Waals surface area contributed by atoms with Crippen molar-refractivity contribution in [2.24, 2.45) is 23.6 Å². The van der Waals surface area contributed by atoms with Crippen LogP contribution in [0.25, 0.3) is 0 Å². The molecule has 1 saturated carbocycles. The molecule has 0 aliphatic heterocycles. The molecule has 0 aromatic heterocycles. The molecule has 0 spiro atoms. The molecule has 10 nitrogen and oxygen atoms in total. The highest BCUT2D eigenvalue weighted by molar-refractivity contribution is 5.97. The van der Waals surface area contributed by atoms with Crippen molar-refractivity contribution in [3.05, 3.63) is 35.4 Å². The Hall–Kier alpha value is -2.98. The molecule has 1 aromatic carbocycles. The number of Topliss-reactive ketones (excluding diaryl/α,β-unsaturated/α-hetero) is 1. The van der Waals surface area contributed by atoms with E-state index in [2.05, 4.69) is 5.32 Å². The number of nitrogens with one attached hydrogen (secondary N) is 1. The van der Waals surface area contributed by atoms with Crippen LogP contribution in [0.5, 0.6) is 0 Å². The lowest BCUT2D eigenvalue weighted by Gasteiger charge is -2.30. The van der Waals surface area contributed by atoms with Crippen molar-refractivity contribution in [1.29, 1.82) is 0 Å². The van der Waals surface area contributed by atoms with E-state index in [1.165, 1.54) is 31.4 Å². The first kappa shape index (κ1) is 27.3. The highest BCUT2D eigenvalue weighted by Crippen LogP contribution is 2.52. The van der Waals surface area contributed by atoms with Gasteiger partial charge in [-0.2, -0.15) is 0 Å². The van der Waals surface area contributed by atoms with Crippen LogP contribution in [0.3, 0.4) is 0 Å². The van der Waals surface area contributed by atoms with Crippen molar-refractivity contribution in [3.8, 4) is 0 Å². The maximum absolute atomic E-state index is 13.4. The Labute approximate surface area is 199 Å². The number of nitrogens with zero attached hydrogens (tertiary/aromatic N) is 1. The van der Waals surface area contributed by atoms with Crippen LogP contribution in [-0.4, -0.2) is 59.2 Å². The number of hydrogen-bond donors (Lipinski definition) is 3. The van der Waals surface area contributed by atoms with Gasteiger partial charge in [-0.15, -0.1) is 0 Å². The number of nitrogens with two attached hydrogens (primary N) is 1. The largest absolute Gasteiger partial charge is 0.478 e. The first-order chi connectivity index (χ1) is 15.9. The van der Waals surface area contributed by atoms with Crippen LogP contribution >= 0.6 is 0 Å². The summed E-state index contributed by atoms with van der Waals surface area (Å²) in [4.78, 5) is 49.6. The standard InChI is InChI=1S/C24H35N3O7/c1-14(2)10-19(20(28)13-33-5)26-22(31)24(11-18(24)15(3)4)27(25)23(32)34-12-16-6-8-17(9-7-16)21(29)30/h6-9,14-15,18-19H,10-13,25H2,1-5H3,(H,26,31)(H,29,30)/t18?,19-,24?/m0/s1. The van der Waals surface area contributed by atoms with E-state index in [0.717, 1.165) is 5.01 Å². The molecular formula is C24H35N3O7. The number of rotatable bonds is 12. The van der Waals surface area contributed by atoms with E-state index in [-0.39, 0.29) is 42.3 Å². The minimum Gasteiger partial charge on any atom is -0.478 e. The second kappa shape index (κ2) is 11.4. The van der Waals surface area contributed by atoms with Crippen molar-refractivity contribution < 1.29 is 33.8 Å². The summed E-state index contributed by atoms with van der Waals surface area (Å²) >= 11 is 0. The van der Waals surface area contributed by atoms with Gasteiger partial charge in [0.05, 0.1) is 11.6 Å². The molecule has 2 amide bonds. The van der Waals surface area contributed by atoms with Crippen molar-refractivity contribution in [1.82, 2.24) is 10.3 Å². The number of amides is 2. The molecule has 0 radical (unpaired) electrons. The Morgan fingerprint density at radius 3 is 2.26 bits per heavy atom. The lowest BCUT2D eigenvalue weighted by molar-refractivity contribution is -0.134. The predicted octanol–water partition coefficient (Wildman–Crippen LogP) is 2.36. The van der Waals surface area contributed by atoms with Crippen LogP contribution in [0.4, 0.5) is 4.79 Å². The average molecular weight is 478 g/mol. The molecule has 10 heteroatoms. The van der Waals surface area contributed by atoms with Gasteiger partial charge in [0, 0.05) is 7.11 Å². The van der Waals surface area contributed by atoms with E-state index in [9.17, 15) is 19.2 Å². The van der Waals surface area contributed by atoms with Crippen molar-refractivity contribution in [2.45, 2.75) is 58.7 Å². The summed E-state index contributed by atoms with van der Waals surface area (Å²) in [5.74, 6) is 4.34. The molecular weight excluding hydrogens is 442 g/mol. The first-order valence-electron chi connectivity index (χ1n) is 11.3. The molecule has 0 heterocycles. The number of hydrogen-bond acceptors (Lipinski definition) is 7. The number of carbonyl (C=O) groups is 4. The number of methoxy groups -OCH3 is 1. The van der Waals surface area contributed by atoms with Gasteiger partial charge in [-0.05, 0) is 48.3 Å². The molecule has 1 aliphatic rings. The zero-order valence-corrected chi connectivity index (χ0v) is 20.4. The van der Waals surface area contributed by atoms with E-state index in [0.29, 0.717) is 18.4 Å². The van der Waals surface area contributed by atoms with E-state index < -0.39 is 29.6 Å². The van der Waals surface area contributed by atoms with Crippen molar-refractivity contribution in [3.63, 3.8) is 0 Å². The molecule has 1 aromatic rings. The van der Waals surface area contributed by atoms with Gasteiger partial charge in [-0.3, -0.25) is 9.59 Å². The molecule has 0 bridgehead atoms. The Morgan fingerprint density at radius 1 is 1.18 bits per heavy atom. The molecule has 2 rings (SSSR count). The quantitative estimate of drug-likeness (QED) is 0.236. The highest BCUT2D eigenvalue weighted by Gasteiger charge is 2.66. The highest BCUT2D eigenvalue weighted by atomic mass is 16.6. The minimum atomic E-state index is -1.32. The monoisotopic (exact) mass is 477 g/mol. The summed E-state index contributed by atoms with van der Waals surface area (Å²) in [6, 6.07) is 5.12. The number of ether oxygens (including phenoxy) is 2. The van der Waals surface area contributed by atoms with Crippen LogP contribution < -0.4 is 11.2 Å². The maximum atomic E-state index is 13.4. The molecule has 4 N–H and O–H groups in total. The van der Waals surface area contributed by atoms with E-state index in [1.54, 1.807) is 0 Å². The van der Waals surface area contributed by atoms with Gasteiger partial charge in [-0.1, -0.05) is 39.8 Å². The molecule has 188 valence electrons. The normalized spacial score (nSPS) is 20.1. The molecule has 0 saturated heterocycles. The van der Waals surface area contributed by atoms with Gasteiger partial charge in [0.2, 0.25) is 5.91 Å². The van der Waals surface area contributed by atoms with Crippen LogP contribution in [-0.2, 0) is 25.7 Å². The minimum absolute atomic E-state index is 0.0615. The topological polar surface area (TPSA) is 148 Å². The fourth-order valence-electron chi connectivity index (χ4n) is 4.10. The van der Waals surface area contributed by atoms with Crippen molar-refractivity contribution in [2.75, 3.05) is 13.7 Å².